The number of hydrogen-bond acceptors (Lipinski definition) is 1. The summed E-state index contributed by atoms with van der Waals surface area (Å²) in [7, 11) is 0. The summed E-state index contributed by atoms with van der Waals surface area (Å²) in [6.45, 7) is 12.6. The van der Waals surface area contributed by atoms with Crippen LogP contribution in [0.25, 0.3) is 0 Å². The molecule has 1 heteroatoms. The van der Waals surface area contributed by atoms with Crippen LogP contribution in [0, 0.1) is 17.3 Å². The predicted octanol–water partition coefficient (Wildman–Crippen LogP) is 4.60. The lowest BCUT2D eigenvalue weighted by Crippen LogP contribution is -2.24. The molecule has 0 aliphatic carbocycles. The first-order chi connectivity index (χ1) is 7.45. The molecule has 1 unspecified atom stereocenters. The van der Waals surface area contributed by atoms with E-state index < -0.39 is 0 Å². The topological polar surface area (TPSA) is 26.0 Å². The zero-order chi connectivity index (χ0) is 12.6. The van der Waals surface area contributed by atoms with E-state index in [1.807, 2.05) is 0 Å². The van der Waals surface area contributed by atoms with Gasteiger partial charge in [0, 0.05) is 0 Å². The van der Waals surface area contributed by atoms with Crippen LogP contribution in [0.1, 0.15) is 73.1 Å². The zero-order valence-corrected chi connectivity index (χ0v) is 12.2. The van der Waals surface area contributed by atoms with Gasteiger partial charge in [-0.3, -0.25) is 0 Å². The smallest absolute Gasteiger partial charge is 0.00771 e. The van der Waals surface area contributed by atoms with Crippen molar-refractivity contribution in [3.63, 3.8) is 0 Å². The molecule has 0 heterocycles. The van der Waals surface area contributed by atoms with E-state index >= 15 is 0 Å². The molecule has 0 aliphatic heterocycles. The summed E-state index contributed by atoms with van der Waals surface area (Å²) in [6, 6.07) is 0. The molecule has 16 heavy (non-hydrogen) atoms. The SMILES string of the molecule is CCC(CCCN)(CCC(C)C)CC(C)C. The van der Waals surface area contributed by atoms with Gasteiger partial charge in [0.25, 0.3) is 0 Å². The highest BCUT2D eigenvalue weighted by Gasteiger charge is 2.28. The average Bonchev–Trinajstić information content (AvgIpc) is 2.21. The van der Waals surface area contributed by atoms with Gasteiger partial charge in [0.15, 0.2) is 0 Å². The van der Waals surface area contributed by atoms with Crippen LogP contribution in [0.4, 0.5) is 0 Å². The second-order valence-corrected chi connectivity index (χ2v) is 6.28. The monoisotopic (exact) mass is 227 g/mol. The van der Waals surface area contributed by atoms with Gasteiger partial charge in [-0.05, 0) is 49.5 Å². The molecule has 0 aromatic carbocycles. The van der Waals surface area contributed by atoms with Gasteiger partial charge >= 0.3 is 0 Å². The first kappa shape index (κ1) is 16.0. The Morgan fingerprint density at radius 1 is 1.00 bits per heavy atom. The molecule has 98 valence electrons. The van der Waals surface area contributed by atoms with E-state index in [2.05, 4.69) is 34.6 Å². The first-order valence-corrected chi connectivity index (χ1v) is 7.16. The molecular weight excluding hydrogens is 194 g/mol. The lowest BCUT2D eigenvalue weighted by molar-refractivity contribution is 0.165. The Bertz CT molecular complexity index is 163. The molecule has 0 amide bonds. The van der Waals surface area contributed by atoms with Gasteiger partial charge in [0.1, 0.15) is 0 Å². The van der Waals surface area contributed by atoms with E-state index in [4.69, 9.17) is 5.73 Å². The van der Waals surface area contributed by atoms with Crippen molar-refractivity contribution in [1.82, 2.24) is 0 Å². The molecule has 0 saturated carbocycles. The van der Waals surface area contributed by atoms with Crippen molar-refractivity contribution in [3.8, 4) is 0 Å². The minimum Gasteiger partial charge on any atom is -0.330 e. The van der Waals surface area contributed by atoms with Crippen LogP contribution in [-0.4, -0.2) is 6.54 Å². The normalized spacial score (nSPS) is 15.8. The molecule has 0 aromatic heterocycles. The molecule has 0 rings (SSSR count). The van der Waals surface area contributed by atoms with E-state index in [-0.39, 0.29) is 0 Å². The Hall–Kier alpha value is -0.0400. The summed E-state index contributed by atoms with van der Waals surface area (Å²) < 4.78 is 0. The lowest BCUT2D eigenvalue weighted by Gasteiger charge is -2.35. The highest BCUT2D eigenvalue weighted by molar-refractivity contribution is 4.80. The average molecular weight is 227 g/mol. The van der Waals surface area contributed by atoms with E-state index in [0.29, 0.717) is 5.41 Å². The summed E-state index contributed by atoms with van der Waals surface area (Å²) in [5.74, 6) is 1.64. The van der Waals surface area contributed by atoms with Gasteiger partial charge in [0.05, 0.1) is 0 Å². The van der Waals surface area contributed by atoms with Crippen molar-refractivity contribution < 1.29 is 0 Å². The van der Waals surface area contributed by atoms with Crippen molar-refractivity contribution >= 4 is 0 Å². The Labute approximate surface area is 103 Å². The van der Waals surface area contributed by atoms with E-state index in [9.17, 15) is 0 Å². The van der Waals surface area contributed by atoms with Gasteiger partial charge in [0.2, 0.25) is 0 Å². The van der Waals surface area contributed by atoms with Crippen LogP contribution in [-0.2, 0) is 0 Å². The summed E-state index contributed by atoms with van der Waals surface area (Å²) in [6.07, 6.45) is 7.96. The summed E-state index contributed by atoms with van der Waals surface area (Å²) >= 11 is 0. The van der Waals surface area contributed by atoms with E-state index in [0.717, 1.165) is 18.4 Å². The molecule has 0 fully saturated rings. The van der Waals surface area contributed by atoms with Crippen molar-refractivity contribution in [1.29, 1.82) is 0 Å². The minimum atomic E-state index is 0.567. The first-order valence-electron chi connectivity index (χ1n) is 7.16. The summed E-state index contributed by atoms with van der Waals surface area (Å²) in [4.78, 5) is 0. The quantitative estimate of drug-likeness (QED) is 0.612. The molecule has 1 atom stereocenters. The van der Waals surface area contributed by atoms with Gasteiger partial charge in [-0.15, -0.1) is 0 Å². The van der Waals surface area contributed by atoms with Crippen LogP contribution >= 0.6 is 0 Å². The molecule has 0 bridgehead atoms. The molecule has 2 N–H and O–H groups in total. The van der Waals surface area contributed by atoms with E-state index in [1.165, 1.54) is 38.5 Å². The Kier molecular flexibility index (Phi) is 8.09. The van der Waals surface area contributed by atoms with Crippen LogP contribution in [0.15, 0.2) is 0 Å². The molecule has 0 aliphatic rings. The van der Waals surface area contributed by atoms with Gasteiger partial charge < -0.3 is 5.73 Å². The van der Waals surface area contributed by atoms with Gasteiger partial charge in [-0.1, -0.05) is 47.5 Å². The Balaban J connectivity index is 4.39. The Morgan fingerprint density at radius 2 is 1.62 bits per heavy atom. The molecule has 0 saturated heterocycles. The number of hydrogen-bond donors (Lipinski definition) is 1. The van der Waals surface area contributed by atoms with E-state index in [1.54, 1.807) is 0 Å². The third-order valence-electron chi connectivity index (χ3n) is 3.75. The molecule has 0 spiro atoms. The number of rotatable bonds is 9. The van der Waals surface area contributed by atoms with Gasteiger partial charge in [-0.2, -0.15) is 0 Å². The highest BCUT2D eigenvalue weighted by atomic mass is 14.5. The fourth-order valence-electron chi connectivity index (χ4n) is 2.76. The maximum atomic E-state index is 5.68. The van der Waals surface area contributed by atoms with Crippen molar-refractivity contribution in [2.45, 2.75) is 73.1 Å². The van der Waals surface area contributed by atoms with Crippen LogP contribution in [0.2, 0.25) is 0 Å². The highest BCUT2D eigenvalue weighted by Crippen LogP contribution is 2.40. The van der Waals surface area contributed by atoms with Crippen molar-refractivity contribution in [2.75, 3.05) is 6.54 Å². The Morgan fingerprint density at radius 3 is 2.00 bits per heavy atom. The van der Waals surface area contributed by atoms with Crippen molar-refractivity contribution in [2.24, 2.45) is 23.0 Å². The fraction of sp³-hybridized carbons (Fsp3) is 1.00. The standard InChI is InChI=1S/C15H33N/c1-6-15(9-7-11-16,12-14(4)5)10-8-13(2)3/h13-14H,6-12,16H2,1-5H3. The molecule has 0 radical (unpaired) electrons. The molecular formula is C15H33N. The van der Waals surface area contributed by atoms with Crippen molar-refractivity contribution in [3.05, 3.63) is 0 Å². The van der Waals surface area contributed by atoms with Crippen LogP contribution in [0.5, 0.6) is 0 Å². The second kappa shape index (κ2) is 8.11. The fourth-order valence-corrected chi connectivity index (χ4v) is 2.76. The molecule has 1 nitrogen and oxygen atoms in total. The lowest BCUT2D eigenvalue weighted by atomic mass is 9.70. The van der Waals surface area contributed by atoms with Crippen LogP contribution < -0.4 is 5.73 Å². The summed E-state index contributed by atoms with van der Waals surface area (Å²) in [5, 5.41) is 0. The third-order valence-corrected chi connectivity index (χ3v) is 3.75. The third kappa shape index (κ3) is 6.52. The summed E-state index contributed by atoms with van der Waals surface area (Å²) in [5.41, 5.74) is 6.24. The van der Waals surface area contributed by atoms with Crippen LogP contribution in [0.3, 0.4) is 0 Å². The predicted molar refractivity (Wildman–Crippen MR) is 74.5 cm³/mol. The molecule has 0 aromatic rings. The maximum Gasteiger partial charge on any atom is -0.00771 e. The van der Waals surface area contributed by atoms with Gasteiger partial charge in [-0.25, -0.2) is 0 Å². The zero-order valence-electron chi connectivity index (χ0n) is 12.2. The maximum absolute atomic E-state index is 5.68. The second-order valence-electron chi connectivity index (χ2n) is 6.28. The number of nitrogens with two attached hydrogens (primary N) is 1. The largest absolute Gasteiger partial charge is 0.330 e. The minimum absolute atomic E-state index is 0.567.